The number of hydrogen-bond donors (Lipinski definition) is 3. The lowest BCUT2D eigenvalue weighted by Gasteiger charge is -2.26. The average molecular weight is 573 g/mol. The van der Waals surface area contributed by atoms with Crippen LogP contribution in [0.2, 0.25) is 0 Å². The summed E-state index contributed by atoms with van der Waals surface area (Å²) in [7, 11) is -3.48. The quantitative estimate of drug-likeness (QED) is 0.229. The molecule has 0 amide bonds. The molecule has 4 aromatic rings. The summed E-state index contributed by atoms with van der Waals surface area (Å²) in [5.74, 6) is 1.60. The van der Waals surface area contributed by atoms with Gasteiger partial charge in [0, 0.05) is 35.2 Å². The highest BCUT2D eigenvalue weighted by molar-refractivity contribution is 7.93. The van der Waals surface area contributed by atoms with Gasteiger partial charge in [0.2, 0.25) is 21.9 Å². The van der Waals surface area contributed by atoms with E-state index in [1.165, 1.54) is 0 Å². The fourth-order valence-electron chi connectivity index (χ4n) is 5.89. The second kappa shape index (κ2) is 11.6. The summed E-state index contributed by atoms with van der Waals surface area (Å²) in [6.45, 7) is 1.97. The van der Waals surface area contributed by atoms with Crippen LogP contribution in [0.3, 0.4) is 0 Å². The van der Waals surface area contributed by atoms with Gasteiger partial charge in [-0.05, 0) is 75.3 Å². The van der Waals surface area contributed by atoms with Crippen LogP contribution in [0.25, 0.3) is 22.0 Å². The molecule has 41 heavy (non-hydrogen) atoms. The molecule has 2 saturated carbocycles. The van der Waals surface area contributed by atoms with Crippen molar-refractivity contribution >= 4 is 32.4 Å². The maximum absolute atomic E-state index is 13.1. The molecule has 0 radical (unpaired) electrons. The Kier molecular flexibility index (Phi) is 7.77. The molecule has 0 atom stereocenters. The fourth-order valence-corrected chi connectivity index (χ4v) is 7.49. The molecule has 2 aromatic carbocycles. The summed E-state index contributed by atoms with van der Waals surface area (Å²) >= 11 is 0. The summed E-state index contributed by atoms with van der Waals surface area (Å²) in [5.41, 5.74) is 8.96. The van der Waals surface area contributed by atoms with Crippen LogP contribution in [0.1, 0.15) is 56.9 Å². The minimum atomic E-state index is -3.48. The van der Waals surface area contributed by atoms with Crippen LogP contribution in [-0.4, -0.2) is 40.7 Å². The van der Waals surface area contributed by atoms with E-state index >= 15 is 0 Å². The summed E-state index contributed by atoms with van der Waals surface area (Å²) in [4.78, 5) is 13.8. The molecule has 9 nitrogen and oxygen atoms in total. The molecule has 2 aliphatic rings. The third kappa shape index (κ3) is 5.99. The van der Waals surface area contributed by atoms with Gasteiger partial charge in [-0.25, -0.2) is 23.4 Å². The zero-order valence-electron chi connectivity index (χ0n) is 23.2. The van der Waals surface area contributed by atoms with E-state index in [1.807, 2.05) is 49.4 Å². The molecule has 0 spiro atoms. The first kappa shape index (κ1) is 27.4. The molecular weight excluding hydrogens is 536 g/mol. The van der Waals surface area contributed by atoms with Crippen LogP contribution in [0.4, 0.5) is 11.6 Å². The second-order valence-corrected chi connectivity index (χ2v) is 13.1. The summed E-state index contributed by atoms with van der Waals surface area (Å²) in [6.07, 6.45) is 10.7. The lowest BCUT2D eigenvalue weighted by atomic mass is 9.92. The third-order valence-corrected chi connectivity index (χ3v) is 10.1. The third-order valence-electron chi connectivity index (χ3n) is 8.21. The molecule has 6 rings (SSSR count). The number of hydrogen-bond acceptors (Lipinski definition) is 8. The lowest BCUT2D eigenvalue weighted by Crippen LogP contribution is -2.33. The van der Waals surface area contributed by atoms with Crippen LogP contribution in [0, 0.1) is 6.92 Å². The first-order valence-electron chi connectivity index (χ1n) is 14.4. The van der Waals surface area contributed by atoms with Crippen molar-refractivity contribution in [2.45, 2.75) is 75.6 Å². The number of fused-ring (bicyclic) bond motifs is 1. The Hall–Kier alpha value is -3.76. The SMILES string of the molecule is Cc1ccc2c(NS(=O)(=O)C3CCCC3)cccc2c1Oc1ncccc1-c1ccnc(N[C@H]2CC[C@H](N)CC2)n1. The number of pyridine rings is 1. The van der Waals surface area contributed by atoms with Gasteiger partial charge in [-0.15, -0.1) is 0 Å². The van der Waals surface area contributed by atoms with E-state index in [4.69, 9.17) is 15.5 Å². The normalized spacial score (nSPS) is 19.8. The highest BCUT2D eigenvalue weighted by Crippen LogP contribution is 2.39. The number of aryl methyl sites for hydroxylation is 1. The van der Waals surface area contributed by atoms with Gasteiger partial charge >= 0.3 is 0 Å². The van der Waals surface area contributed by atoms with Crippen molar-refractivity contribution in [1.29, 1.82) is 0 Å². The van der Waals surface area contributed by atoms with Crippen molar-refractivity contribution in [3.8, 4) is 22.9 Å². The molecule has 0 saturated heterocycles. The largest absolute Gasteiger partial charge is 0.437 e. The average Bonchev–Trinajstić information content (AvgIpc) is 3.53. The van der Waals surface area contributed by atoms with Crippen LogP contribution < -0.4 is 20.5 Å². The van der Waals surface area contributed by atoms with Crippen LogP contribution in [0.15, 0.2) is 60.9 Å². The number of benzene rings is 2. The van der Waals surface area contributed by atoms with Gasteiger partial charge in [-0.1, -0.05) is 37.1 Å². The van der Waals surface area contributed by atoms with E-state index in [0.717, 1.165) is 60.4 Å². The zero-order valence-corrected chi connectivity index (χ0v) is 24.0. The lowest BCUT2D eigenvalue weighted by molar-refractivity contribution is 0.410. The molecule has 214 valence electrons. The van der Waals surface area contributed by atoms with Gasteiger partial charge in [0.25, 0.3) is 0 Å². The predicted molar refractivity (Wildman–Crippen MR) is 163 cm³/mol. The zero-order chi connectivity index (χ0) is 28.4. The highest BCUT2D eigenvalue weighted by atomic mass is 32.2. The molecule has 0 aliphatic heterocycles. The van der Waals surface area contributed by atoms with Crippen molar-refractivity contribution in [3.05, 3.63) is 66.5 Å². The Labute approximate surface area is 241 Å². The molecule has 2 fully saturated rings. The molecule has 2 aliphatic carbocycles. The topological polar surface area (TPSA) is 132 Å². The summed E-state index contributed by atoms with van der Waals surface area (Å²) in [5, 5.41) is 4.69. The van der Waals surface area contributed by atoms with Gasteiger partial charge in [0.15, 0.2) is 0 Å². The number of sulfonamides is 1. The molecule has 0 bridgehead atoms. The van der Waals surface area contributed by atoms with Gasteiger partial charge in [-0.3, -0.25) is 4.72 Å². The minimum Gasteiger partial charge on any atom is -0.437 e. The summed E-state index contributed by atoms with van der Waals surface area (Å²) in [6, 6.07) is 15.7. The molecule has 2 aromatic heterocycles. The number of rotatable bonds is 8. The van der Waals surface area contributed by atoms with Gasteiger partial charge in [0.05, 0.1) is 22.2 Å². The Morgan fingerprint density at radius 3 is 2.49 bits per heavy atom. The molecule has 0 unspecified atom stereocenters. The van der Waals surface area contributed by atoms with Crippen LogP contribution >= 0.6 is 0 Å². The van der Waals surface area contributed by atoms with Crippen molar-refractivity contribution in [2.24, 2.45) is 5.73 Å². The number of anilines is 2. The molecule has 10 heteroatoms. The molecule has 2 heterocycles. The van der Waals surface area contributed by atoms with E-state index in [9.17, 15) is 8.42 Å². The number of ether oxygens (including phenoxy) is 1. The standard InChI is InChI=1S/C31H36N6O3S/c1-20-11-16-24-25(8-4-10-28(24)37-41(38,39)23-6-2-3-7-23)29(20)40-30-26(9-5-18-33-30)27-17-19-34-31(36-27)35-22-14-12-21(32)13-15-22/h4-5,8-11,16-19,21-23,37H,2-3,6-7,12-15,32H2,1H3,(H,34,35,36)/t21-,22-. The number of nitrogens with two attached hydrogens (primary N) is 1. The van der Waals surface area contributed by atoms with Crippen LogP contribution in [-0.2, 0) is 10.0 Å². The smallest absolute Gasteiger partial charge is 0.235 e. The number of nitrogens with one attached hydrogen (secondary N) is 2. The van der Waals surface area contributed by atoms with Crippen LogP contribution in [0.5, 0.6) is 11.6 Å². The van der Waals surface area contributed by atoms with E-state index in [-0.39, 0.29) is 11.3 Å². The molecular formula is C31H36N6O3S. The maximum atomic E-state index is 13.1. The van der Waals surface area contributed by atoms with E-state index in [0.29, 0.717) is 47.8 Å². The molecule has 4 N–H and O–H groups in total. The van der Waals surface area contributed by atoms with Crippen molar-refractivity contribution in [2.75, 3.05) is 10.0 Å². The first-order valence-corrected chi connectivity index (χ1v) is 15.9. The van der Waals surface area contributed by atoms with Crippen molar-refractivity contribution in [3.63, 3.8) is 0 Å². The Morgan fingerprint density at radius 2 is 1.68 bits per heavy atom. The van der Waals surface area contributed by atoms with Crippen molar-refractivity contribution < 1.29 is 13.2 Å². The second-order valence-electron chi connectivity index (χ2n) is 11.1. The van der Waals surface area contributed by atoms with Gasteiger partial charge < -0.3 is 15.8 Å². The first-order chi connectivity index (χ1) is 19.9. The highest BCUT2D eigenvalue weighted by Gasteiger charge is 2.29. The Balaban J connectivity index is 1.30. The Morgan fingerprint density at radius 1 is 0.878 bits per heavy atom. The van der Waals surface area contributed by atoms with Crippen molar-refractivity contribution in [1.82, 2.24) is 15.0 Å². The maximum Gasteiger partial charge on any atom is 0.235 e. The van der Waals surface area contributed by atoms with Gasteiger partial charge in [-0.2, -0.15) is 0 Å². The van der Waals surface area contributed by atoms with Gasteiger partial charge in [0.1, 0.15) is 5.75 Å². The van der Waals surface area contributed by atoms with E-state index in [1.54, 1.807) is 18.5 Å². The minimum absolute atomic E-state index is 0.275. The number of aromatic nitrogens is 3. The van der Waals surface area contributed by atoms with E-state index in [2.05, 4.69) is 20.0 Å². The van der Waals surface area contributed by atoms with E-state index < -0.39 is 10.0 Å². The summed E-state index contributed by atoms with van der Waals surface area (Å²) < 4.78 is 35.5. The fraction of sp³-hybridized carbons (Fsp3) is 0.387. The predicted octanol–water partition coefficient (Wildman–Crippen LogP) is 6.16. The monoisotopic (exact) mass is 572 g/mol. The number of nitrogens with zero attached hydrogens (tertiary/aromatic N) is 3. The Bertz CT molecular complexity index is 1650.